The molecule has 4 nitrogen and oxygen atoms in total. The van der Waals surface area contributed by atoms with Gasteiger partial charge in [0.2, 0.25) is 0 Å². The predicted molar refractivity (Wildman–Crippen MR) is 53.8 cm³/mol. The summed E-state index contributed by atoms with van der Waals surface area (Å²) in [5.74, 6) is 0.703. The average molecular weight is 189 g/mol. The van der Waals surface area contributed by atoms with E-state index in [0.717, 1.165) is 5.56 Å². The zero-order valence-electron chi connectivity index (χ0n) is 7.60. The lowest BCUT2D eigenvalue weighted by molar-refractivity contribution is 0.308. The second-order valence-electron chi connectivity index (χ2n) is 2.93. The Balaban J connectivity index is 2.02. The number of nitrogens with zero attached hydrogens (tertiary/aromatic N) is 1. The minimum Gasteiger partial charge on any atom is -0.487 e. The first kappa shape index (κ1) is 8.62. The van der Waals surface area contributed by atoms with Crippen molar-refractivity contribution in [1.82, 2.24) is 10.2 Å². The van der Waals surface area contributed by atoms with E-state index >= 15 is 0 Å². The fourth-order valence-electron chi connectivity index (χ4n) is 1.13. The molecule has 1 aromatic carbocycles. The zero-order valence-corrected chi connectivity index (χ0v) is 7.60. The Morgan fingerprint density at radius 3 is 2.93 bits per heavy atom. The number of aromatic amines is 1. The number of nitrogens with one attached hydrogen (secondary N) is 1. The SMILES string of the molecule is Nc1ccccc1OCc1cn[nH]c1. The number of benzene rings is 1. The third-order valence-corrected chi connectivity index (χ3v) is 1.87. The van der Waals surface area contributed by atoms with Crippen molar-refractivity contribution in [2.75, 3.05) is 5.73 Å². The molecule has 1 heterocycles. The van der Waals surface area contributed by atoms with E-state index in [9.17, 15) is 0 Å². The number of rotatable bonds is 3. The van der Waals surface area contributed by atoms with Gasteiger partial charge in [0.25, 0.3) is 0 Å². The maximum absolute atomic E-state index is 5.71. The average Bonchev–Trinajstić information content (AvgIpc) is 2.69. The molecule has 0 saturated heterocycles. The third-order valence-electron chi connectivity index (χ3n) is 1.87. The first-order valence-electron chi connectivity index (χ1n) is 4.31. The number of anilines is 1. The molecular weight excluding hydrogens is 178 g/mol. The van der Waals surface area contributed by atoms with Crippen LogP contribution >= 0.6 is 0 Å². The van der Waals surface area contributed by atoms with Crippen molar-refractivity contribution < 1.29 is 4.74 Å². The fourth-order valence-corrected chi connectivity index (χ4v) is 1.13. The van der Waals surface area contributed by atoms with Crippen molar-refractivity contribution >= 4 is 5.69 Å². The highest BCUT2D eigenvalue weighted by Gasteiger charge is 1.99. The van der Waals surface area contributed by atoms with E-state index in [0.29, 0.717) is 18.0 Å². The molecule has 72 valence electrons. The second kappa shape index (κ2) is 3.83. The molecule has 2 aromatic rings. The maximum atomic E-state index is 5.71. The number of aromatic nitrogens is 2. The Kier molecular flexibility index (Phi) is 2.36. The van der Waals surface area contributed by atoms with Crippen LogP contribution in [0.2, 0.25) is 0 Å². The van der Waals surface area contributed by atoms with Gasteiger partial charge in [0.1, 0.15) is 12.4 Å². The van der Waals surface area contributed by atoms with Gasteiger partial charge in [-0.2, -0.15) is 5.10 Å². The molecule has 0 atom stereocenters. The van der Waals surface area contributed by atoms with Gasteiger partial charge in [0.15, 0.2) is 0 Å². The first-order valence-corrected chi connectivity index (χ1v) is 4.31. The minimum atomic E-state index is 0.477. The second-order valence-corrected chi connectivity index (χ2v) is 2.93. The number of nitrogens with two attached hydrogens (primary N) is 1. The molecule has 14 heavy (non-hydrogen) atoms. The van der Waals surface area contributed by atoms with Gasteiger partial charge in [-0.05, 0) is 12.1 Å². The first-order chi connectivity index (χ1) is 6.86. The summed E-state index contributed by atoms with van der Waals surface area (Å²) in [6, 6.07) is 7.42. The molecule has 0 unspecified atom stereocenters. The van der Waals surface area contributed by atoms with Crippen LogP contribution in [0.5, 0.6) is 5.75 Å². The summed E-state index contributed by atoms with van der Waals surface area (Å²) in [6.45, 7) is 0.477. The number of H-pyrrole nitrogens is 1. The van der Waals surface area contributed by atoms with Gasteiger partial charge in [-0.15, -0.1) is 0 Å². The van der Waals surface area contributed by atoms with Gasteiger partial charge < -0.3 is 10.5 Å². The summed E-state index contributed by atoms with van der Waals surface area (Å²) in [7, 11) is 0. The van der Waals surface area contributed by atoms with E-state index in [1.165, 1.54) is 0 Å². The van der Waals surface area contributed by atoms with Gasteiger partial charge in [0, 0.05) is 11.8 Å². The fraction of sp³-hybridized carbons (Fsp3) is 0.100. The normalized spacial score (nSPS) is 10.0. The number of para-hydroxylation sites is 2. The Morgan fingerprint density at radius 1 is 1.36 bits per heavy atom. The molecule has 0 aliphatic carbocycles. The number of ether oxygens (including phenoxy) is 1. The monoisotopic (exact) mass is 189 g/mol. The molecule has 2 rings (SSSR count). The van der Waals surface area contributed by atoms with E-state index in [-0.39, 0.29) is 0 Å². The summed E-state index contributed by atoms with van der Waals surface area (Å²) >= 11 is 0. The largest absolute Gasteiger partial charge is 0.487 e. The van der Waals surface area contributed by atoms with Gasteiger partial charge in [-0.3, -0.25) is 5.10 Å². The third kappa shape index (κ3) is 1.85. The molecular formula is C10H11N3O. The van der Waals surface area contributed by atoms with E-state index in [4.69, 9.17) is 10.5 Å². The molecule has 0 amide bonds. The summed E-state index contributed by atoms with van der Waals surface area (Å²) in [6.07, 6.45) is 3.51. The van der Waals surface area contributed by atoms with Crippen LogP contribution in [0.15, 0.2) is 36.7 Å². The Bertz CT molecular complexity index is 398. The van der Waals surface area contributed by atoms with Crippen molar-refractivity contribution in [3.63, 3.8) is 0 Å². The summed E-state index contributed by atoms with van der Waals surface area (Å²) in [5, 5.41) is 6.54. The Hall–Kier alpha value is -1.97. The summed E-state index contributed by atoms with van der Waals surface area (Å²) < 4.78 is 5.50. The highest BCUT2D eigenvalue weighted by molar-refractivity contribution is 5.51. The van der Waals surface area contributed by atoms with Crippen LogP contribution in [-0.4, -0.2) is 10.2 Å². The zero-order chi connectivity index (χ0) is 9.80. The van der Waals surface area contributed by atoms with Crippen LogP contribution < -0.4 is 10.5 Å². The van der Waals surface area contributed by atoms with Crippen molar-refractivity contribution in [2.24, 2.45) is 0 Å². The molecule has 0 saturated carbocycles. The van der Waals surface area contributed by atoms with Gasteiger partial charge in [0.05, 0.1) is 11.9 Å². The van der Waals surface area contributed by atoms with Crippen molar-refractivity contribution in [3.05, 3.63) is 42.2 Å². The molecule has 0 bridgehead atoms. The van der Waals surface area contributed by atoms with E-state index in [2.05, 4.69) is 10.2 Å². The number of hydrogen-bond acceptors (Lipinski definition) is 3. The Morgan fingerprint density at radius 2 is 2.21 bits per heavy atom. The molecule has 0 spiro atoms. The maximum Gasteiger partial charge on any atom is 0.142 e. The molecule has 0 aliphatic heterocycles. The molecule has 0 fully saturated rings. The van der Waals surface area contributed by atoms with Gasteiger partial charge in [-0.1, -0.05) is 12.1 Å². The summed E-state index contributed by atoms with van der Waals surface area (Å²) in [4.78, 5) is 0. The van der Waals surface area contributed by atoms with Crippen LogP contribution in [0.3, 0.4) is 0 Å². The number of nitrogen functional groups attached to an aromatic ring is 1. The highest BCUT2D eigenvalue weighted by atomic mass is 16.5. The predicted octanol–water partition coefficient (Wildman–Crippen LogP) is 1.57. The Labute approximate surface area is 81.7 Å². The summed E-state index contributed by atoms with van der Waals surface area (Å²) in [5.41, 5.74) is 7.35. The van der Waals surface area contributed by atoms with Crippen molar-refractivity contribution in [2.45, 2.75) is 6.61 Å². The van der Waals surface area contributed by atoms with Crippen molar-refractivity contribution in [1.29, 1.82) is 0 Å². The number of hydrogen-bond donors (Lipinski definition) is 2. The molecule has 0 aliphatic rings. The lowest BCUT2D eigenvalue weighted by atomic mass is 10.3. The van der Waals surface area contributed by atoms with Crippen LogP contribution in [0.25, 0.3) is 0 Å². The molecule has 4 heteroatoms. The molecule has 0 radical (unpaired) electrons. The van der Waals surface area contributed by atoms with E-state index in [1.54, 1.807) is 12.4 Å². The molecule has 3 N–H and O–H groups in total. The van der Waals surface area contributed by atoms with Crippen LogP contribution in [0.1, 0.15) is 5.56 Å². The standard InChI is InChI=1S/C10H11N3O/c11-9-3-1-2-4-10(9)14-7-8-5-12-13-6-8/h1-6H,7,11H2,(H,12,13). The van der Waals surface area contributed by atoms with Crippen LogP contribution in [0, 0.1) is 0 Å². The van der Waals surface area contributed by atoms with Gasteiger partial charge in [-0.25, -0.2) is 0 Å². The molecule has 1 aromatic heterocycles. The van der Waals surface area contributed by atoms with Crippen LogP contribution in [-0.2, 0) is 6.61 Å². The highest BCUT2D eigenvalue weighted by Crippen LogP contribution is 2.20. The quantitative estimate of drug-likeness (QED) is 0.720. The lowest BCUT2D eigenvalue weighted by Crippen LogP contribution is -1.97. The van der Waals surface area contributed by atoms with Crippen molar-refractivity contribution in [3.8, 4) is 5.75 Å². The van der Waals surface area contributed by atoms with Crippen LogP contribution in [0.4, 0.5) is 5.69 Å². The smallest absolute Gasteiger partial charge is 0.142 e. The topological polar surface area (TPSA) is 63.9 Å². The van der Waals surface area contributed by atoms with E-state index in [1.807, 2.05) is 24.3 Å². The minimum absolute atomic E-state index is 0.477. The van der Waals surface area contributed by atoms with Gasteiger partial charge >= 0.3 is 0 Å². The van der Waals surface area contributed by atoms with E-state index < -0.39 is 0 Å². The lowest BCUT2D eigenvalue weighted by Gasteiger charge is -2.06.